The lowest BCUT2D eigenvalue weighted by atomic mass is 10.1. The molecule has 0 spiro atoms. The second-order valence-electron chi connectivity index (χ2n) is 7.22. The quantitative estimate of drug-likeness (QED) is 0.207. The van der Waals surface area contributed by atoms with Crippen LogP contribution in [0.25, 0.3) is 6.08 Å². The molecule has 0 aliphatic carbocycles. The largest absolute Gasteiger partial charge is 0.493 e. The van der Waals surface area contributed by atoms with Crippen molar-refractivity contribution in [3.8, 4) is 29.1 Å². The summed E-state index contributed by atoms with van der Waals surface area (Å²) in [6.07, 6.45) is 1.50. The monoisotopic (exact) mass is 536 g/mol. The van der Waals surface area contributed by atoms with Crippen LogP contribution >= 0.6 is 15.9 Å². The molecule has 1 amide bonds. The summed E-state index contributed by atoms with van der Waals surface area (Å²) in [6.45, 7) is 0.876. The van der Waals surface area contributed by atoms with Crippen LogP contribution in [0.3, 0.4) is 0 Å². The number of halogens is 1. The molecule has 8 heteroatoms. The van der Waals surface area contributed by atoms with Crippen molar-refractivity contribution in [2.24, 2.45) is 0 Å². The molecule has 35 heavy (non-hydrogen) atoms. The number of methoxy groups -OCH3 is 2. The minimum atomic E-state index is -0.458. The van der Waals surface area contributed by atoms with E-state index in [1.54, 1.807) is 19.2 Å². The van der Waals surface area contributed by atoms with Crippen LogP contribution < -0.4 is 24.3 Å². The molecule has 1 N–H and O–H groups in total. The van der Waals surface area contributed by atoms with Crippen molar-refractivity contribution in [1.82, 2.24) is 5.32 Å². The molecule has 3 rings (SSSR count). The standard InChI is InChI=1S/C27H25BrN2O5/c1-32-23-10-6-7-11-24(23)34-12-13-35-26-22(28)15-20(16-25(26)33-2)14-21(17-29)27(31)30-18-19-8-4-3-5-9-19/h3-11,14-16H,12-13,18H2,1-2H3,(H,30,31)/b21-14+. The zero-order chi connectivity index (χ0) is 25.0. The van der Waals surface area contributed by atoms with Gasteiger partial charge in [-0.05, 0) is 57.4 Å². The summed E-state index contributed by atoms with van der Waals surface area (Å²) >= 11 is 3.49. The molecule has 0 aromatic heterocycles. The zero-order valence-corrected chi connectivity index (χ0v) is 21.0. The van der Waals surface area contributed by atoms with Crippen LogP contribution in [0.4, 0.5) is 0 Å². The van der Waals surface area contributed by atoms with Crippen LogP contribution in [0.15, 0.2) is 76.8 Å². The molecule has 0 saturated heterocycles. The van der Waals surface area contributed by atoms with E-state index in [0.717, 1.165) is 5.56 Å². The lowest BCUT2D eigenvalue weighted by Gasteiger charge is -2.15. The molecular formula is C27H25BrN2O5. The van der Waals surface area contributed by atoms with E-state index in [1.165, 1.54) is 13.2 Å². The van der Waals surface area contributed by atoms with E-state index in [4.69, 9.17) is 18.9 Å². The topological polar surface area (TPSA) is 89.8 Å². The maximum atomic E-state index is 12.5. The highest BCUT2D eigenvalue weighted by Crippen LogP contribution is 2.37. The van der Waals surface area contributed by atoms with E-state index in [0.29, 0.717) is 39.6 Å². The third-order valence-corrected chi connectivity index (χ3v) is 5.47. The maximum absolute atomic E-state index is 12.5. The fourth-order valence-electron chi connectivity index (χ4n) is 3.19. The van der Waals surface area contributed by atoms with Crippen LogP contribution in [-0.4, -0.2) is 33.3 Å². The summed E-state index contributed by atoms with van der Waals surface area (Å²) in [4.78, 5) is 12.5. The lowest BCUT2D eigenvalue weighted by molar-refractivity contribution is -0.117. The average molecular weight is 537 g/mol. The van der Waals surface area contributed by atoms with Crippen LogP contribution in [0.5, 0.6) is 23.0 Å². The van der Waals surface area contributed by atoms with Gasteiger partial charge in [-0.3, -0.25) is 4.79 Å². The number of hydrogen-bond acceptors (Lipinski definition) is 6. The van der Waals surface area contributed by atoms with Gasteiger partial charge in [0.1, 0.15) is 24.9 Å². The Morgan fingerprint density at radius 2 is 1.60 bits per heavy atom. The molecule has 7 nitrogen and oxygen atoms in total. The van der Waals surface area contributed by atoms with Crippen LogP contribution in [0.1, 0.15) is 11.1 Å². The summed E-state index contributed by atoms with van der Waals surface area (Å²) in [7, 11) is 3.10. The summed E-state index contributed by atoms with van der Waals surface area (Å²) < 4.78 is 23.0. The fourth-order valence-corrected chi connectivity index (χ4v) is 3.76. The van der Waals surface area contributed by atoms with Crippen molar-refractivity contribution in [2.45, 2.75) is 6.54 Å². The van der Waals surface area contributed by atoms with Crippen molar-refractivity contribution in [1.29, 1.82) is 5.26 Å². The maximum Gasteiger partial charge on any atom is 0.262 e. The number of nitrogens with one attached hydrogen (secondary N) is 1. The van der Waals surface area contributed by atoms with Gasteiger partial charge < -0.3 is 24.3 Å². The van der Waals surface area contributed by atoms with Gasteiger partial charge in [-0.2, -0.15) is 5.26 Å². The number of hydrogen-bond donors (Lipinski definition) is 1. The summed E-state index contributed by atoms with van der Waals surface area (Å²) in [5, 5.41) is 12.3. The summed E-state index contributed by atoms with van der Waals surface area (Å²) in [6, 6.07) is 22.3. The van der Waals surface area contributed by atoms with Gasteiger partial charge in [-0.25, -0.2) is 0 Å². The van der Waals surface area contributed by atoms with Crippen LogP contribution in [0, 0.1) is 11.3 Å². The first kappa shape index (κ1) is 25.7. The minimum Gasteiger partial charge on any atom is -0.493 e. The van der Waals surface area contributed by atoms with E-state index in [-0.39, 0.29) is 18.8 Å². The highest BCUT2D eigenvalue weighted by atomic mass is 79.9. The fraction of sp³-hybridized carbons (Fsp3) is 0.185. The second kappa shape index (κ2) is 13.1. The number of para-hydroxylation sites is 2. The number of nitriles is 1. The molecule has 3 aromatic rings. The Labute approximate surface area is 213 Å². The first-order valence-electron chi connectivity index (χ1n) is 10.8. The highest BCUT2D eigenvalue weighted by Gasteiger charge is 2.14. The summed E-state index contributed by atoms with van der Waals surface area (Å²) in [5.74, 6) is 1.74. The van der Waals surface area contributed by atoms with Crippen molar-refractivity contribution in [2.75, 3.05) is 27.4 Å². The number of amides is 1. The highest BCUT2D eigenvalue weighted by molar-refractivity contribution is 9.10. The van der Waals surface area contributed by atoms with Crippen molar-refractivity contribution >= 4 is 27.9 Å². The molecule has 0 atom stereocenters. The Morgan fingerprint density at radius 1 is 0.943 bits per heavy atom. The number of carbonyl (C=O) groups excluding carboxylic acids is 1. The van der Waals surface area contributed by atoms with Crippen LogP contribution in [-0.2, 0) is 11.3 Å². The molecule has 0 unspecified atom stereocenters. The molecule has 3 aromatic carbocycles. The Morgan fingerprint density at radius 3 is 2.29 bits per heavy atom. The van der Waals surface area contributed by atoms with E-state index < -0.39 is 5.91 Å². The first-order valence-corrected chi connectivity index (χ1v) is 11.5. The van der Waals surface area contributed by atoms with E-state index in [2.05, 4.69) is 21.2 Å². The number of benzene rings is 3. The summed E-state index contributed by atoms with van der Waals surface area (Å²) in [5.41, 5.74) is 1.53. The van der Waals surface area contributed by atoms with Gasteiger partial charge in [0.2, 0.25) is 0 Å². The van der Waals surface area contributed by atoms with Gasteiger partial charge in [-0.15, -0.1) is 0 Å². The van der Waals surface area contributed by atoms with Gasteiger partial charge in [0.05, 0.1) is 18.7 Å². The minimum absolute atomic E-state index is 0.0197. The zero-order valence-electron chi connectivity index (χ0n) is 19.4. The molecule has 0 bridgehead atoms. The Bertz CT molecular complexity index is 1220. The predicted octanol–water partition coefficient (Wildman–Crippen LogP) is 5.15. The number of nitrogens with zero attached hydrogens (tertiary/aromatic N) is 1. The number of ether oxygens (including phenoxy) is 4. The van der Waals surface area contributed by atoms with Crippen molar-refractivity contribution in [3.63, 3.8) is 0 Å². The molecule has 0 heterocycles. The molecule has 0 saturated carbocycles. The first-order chi connectivity index (χ1) is 17.0. The Hall–Kier alpha value is -3.96. The van der Waals surface area contributed by atoms with Gasteiger partial charge in [0.25, 0.3) is 5.91 Å². The van der Waals surface area contributed by atoms with Crippen molar-refractivity contribution < 1.29 is 23.7 Å². The van der Waals surface area contributed by atoms with Gasteiger partial charge in [0, 0.05) is 6.54 Å². The molecule has 0 aliphatic rings. The van der Waals surface area contributed by atoms with E-state index >= 15 is 0 Å². The lowest BCUT2D eigenvalue weighted by Crippen LogP contribution is -2.23. The average Bonchev–Trinajstić information content (AvgIpc) is 2.89. The molecule has 0 fully saturated rings. The van der Waals surface area contributed by atoms with Crippen molar-refractivity contribution in [3.05, 3.63) is 87.9 Å². The smallest absolute Gasteiger partial charge is 0.262 e. The third-order valence-electron chi connectivity index (χ3n) is 4.88. The van der Waals surface area contributed by atoms with Crippen LogP contribution in [0.2, 0.25) is 0 Å². The van der Waals surface area contributed by atoms with E-state index in [9.17, 15) is 10.1 Å². The van der Waals surface area contributed by atoms with Gasteiger partial charge in [0.15, 0.2) is 23.0 Å². The normalized spacial score (nSPS) is 10.7. The predicted molar refractivity (Wildman–Crippen MR) is 137 cm³/mol. The Kier molecular flexibility index (Phi) is 9.58. The van der Waals surface area contributed by atoms with Gasteiger partial charge >= 0.3 is 0 Å². The number of carbonyl (C=O) groups is 1. The molecule has 0 aliphatic heterocycles. The number of rotatable bonds is 11. The SMILES string of the molecule is COc1ccccc1OCCOc1c(Br)cc(/C=C(\C#N)C(=O)NCc2ccccc2)cc1OC. The Balaban J connectivity index is 1.65. The van der Waals surface area contributed by atoms with E-state index in [1.807, 2.05) is 60.7 Å². The molecule has 0 radical (unpaired) electrons. The molecule has 180 valence electrons. The third kappa shape index (κ3) is 7.26. The second-order valence-corrected chi connectivity index (χ2v) is 8.07. The molecular weight excluding hydrogens is 512 g/mol. The van der Waals surface area contributed by atoms with Gasteiger partial charge in [-0.1, -0.05) is 42.5 Å².